The summed E-state index contributed by atoms with van der Waals surface area (Å²) in [6, 6.07) is 3.68. The Kier molecular flexibility index (Phi) is 6.10. The Morgan fingerprint density at radius 3 is 2.63 bits per heavy atom. The van der Waals surface area contributed by atoms with Crippen LogP contribution >= 0.6 is 11.6 Å². The Labute approximate surface area is 120 Å². The van der Waals surface area contributed by atoms with Crippen molar-refractivity contribution in [2.45, 2.75) is 26.7 Å². The zero-order valence-corrected chi connectivity index (χ0v) is 13.1. The van der Waals surface area contributed by atoms with Crippen LogP contribution in [0.3, 0.4) is 0 Å². The third kappa shape index (κ3) is 5.01. The Morgan fingerprint density at radius 2 is 2.05 bits per heavy atom. The van der Waals surface area contributed by atoms with Gasteiger partial charge in [0.1, 0.15) is 5.75 Å². The molecule has 108 valence electrons. The van der Waals surface area contributed by atoms with Gasteiger partial charge in [0.15, 0.2) is 0 Å². The minimum absolute atomic E-state index is 0.162. The Bertz CT molecular complexity index is 529. The molecule has 0 aliphatic heterocycles. The van der Waals surface area contributed by atoms with Crippen LogP contribution in [0, 0.1) is 6.92 Å². The number of halogens is 1. The van der Waals surface area contributed by atoms with Crippen LogP contribution < -0.4 is 9.46 Å². The standard InChI is InChI=1S/C13H20ClNO3S/c1-4-7-19(16,17)15-6-5-11-9-12(14)13(18-3)8-10(11)2/h8-9,15H,4-7H2,1-3H3. The summed E-state index contributed by atoms with van der Waals surface area (Å²) in [5.41, 5.74) is 2.06. The second-order valence-corrected chi connectivity index (χ2v) is 6.71. The Hall–Kier alpha value is -0.780. The number of rotatable bonds is 7. The van der Waals surface area contributed by atoms with E-state index in [0.717, 1.165) is 11.1 Å². The van der Waals surface area contributed by atoms with E-state index in [1.165, 1.54) is 0 Å². The van der Waals surface area contributed by atoms with Crippen molar-refractivity contribution in [2.24, 2.45) is 0 Å². The molecule has 0 aliphatic rings. The van der Waals surface area contributed by atoms with Crippen LogP contribution in [-0.2, 0) is 16.4 Å². The van der Waals surface area contributed by atoms with Crippen LogP contribution in [0.5, 0.6) is 5.75 Å². The van der Waals surface area contributed by atoms with Gasteiger partial charge in [-0.3, -0.25) is 0 Å². The maximum Gasteiger partial charge on any atom is 0.211 e. The summed E-state index contributed by atoms with van der Waals surface area (Å²) in [7, 11) is -1.58. The topological polar surface area (TPSA) is 55.4 Å². The van der Waals surface area contributed by atoms with Gasteiger partial charge in [-0.1, -0.05) is 18.5 Å². The highest BCUT2D eigenvalue weighted by molar-refractivity contribution is 7.89. The van der Waals surface area contributed by atoms with Gasteiger partial charge in [-0.25, -0.2) is 13.1 Å². The molecule has 19 heavy (non-hydrogen) atoms. The van der Waals surface area contributed by atoms with E-state index in [9.17, 15) is 8.42 Å². The molecule has 0 amide bonds. The number of hydrogen-bond acceptors (Lipinski definition) is 3. The maximum atomic E-state index is 11.5. The van der Waals surface area contributed by atoms with Crippen molar-refractivity contribution in [1.82, 2.24) is 4.72 Å². The van der Waals surface area contributed by atoms with Gasteiger partial charge in [0.25, 0.3) is 0 Å². The SMILES string of the molecule is CCCS(=O)(=O)NCCc1cc(Cl)c(OC)cc1C. The van der Waals surface area contributed by atoms with Gasteiger partial charge >= 0.3 is 0 Å². The molecule has 1 aromatic carbocycles. The third-order valence-electron chi connectivity index (χ3n) is 2.80. The van der Waals surface area contributed by atoms with Gasteiger partial charge in [0, 0.05) is 6.54 Å². The number of sulfonamides is 1. The highest BCUT2D eigenvalue weighted by atomic mass is 35.5. The van der Waals surface area contributed by atoms with E-state index in [2.05, 4.69) is 4.72 Å². The van der Waals surface area contributed by atoms with Crippen molar-refractivity contribution in [3.63, 3.8) is 0 Å². The summed E-state index contributed by atoms with van der Waals surface area (Å²) >= 11 is 6.06. The second-order valence-electron chi connectivity index (χ2n) is 4.38. The molecule has 0 bridgehead atoms. The number of benzene rings is 1. The van der Waals surface area contributed by atoms with Crippen LogP contribution in [0.2, 0.25) is 5.02 Å². The first-order valence-electron chi connectivity index (χ1n) is 6.20. The van der Waals surface area contributed by atoms with Crippen molar-refractivity contribution < 1.29 is 13.2 Å². The van der Waals surface area contributed by atoms with Crippen molar-refractivity contribution >= 4 is 21.6 Å². The largest absolute Gasteiger partial charge is 0.495 e. The normalized spacial score (nSPS) is 11.6. The average molecular weight is 306 g/mol. The summed E-state index contributed by atoms with van der Waals surface area (Å²) < 4.78 is 30.7. The summed E-state index contributed by atoms with van der Waals surface area (Å²) in [5.74, 6) is 0.796. The Balaban J connectivity index is 2.66. The lowest BCUT2D eigenvalue weighted by Crippen LogP contribution is -2.28. The molecule has 1 aromatic rings. The second kappa shape index (κ2) is 7.12. The quantitative estimate of drug-likeness (QED) is 0.842. The van der Waals surface area contributed by atoms with Gasteiger partial charge in [-0.05, 0) is 43.0 Å². The maximum absolute atomic E-state index is 11.5. The molecule has 0 spiro atoms. The molecule has 0 aromatic heterocycles. The number of nitrogens with one attached hydrogen (secondary N) is 1. The van der Waals surface area contributed by atoms with E-state index in [4.69, 9.17) is 16.3 Å². The number of aryl methyl sites for hydroxylation is 1. The highest BCUT2D eigenvalue weighted by Gasteiger charge is 2.10. The molecule has 0 radical (unpaired) electrons. The van der Waals surface area contributed by atoms with Gasteiger partial charge < -0.3 is 4.74 Å². The molecule has 0 unspecified atom stereocenters. The van der Waals surface area contributed by atoms with Gasteiger partial charge in [-0.15, -0.1) is 0 Å². The lowest BCUT2D eigenvalue weighted by Gasteiger charge is -2.11. The van der Waals surface area contributed by atoms with Crippen molar-refractivity contribution in [3.05, 3.63) is 28.3 Å². The molecule has 0 fully saturated rings. The molecule has 0 aliphatic carbocycles. The van der Waals surface area contributed by atoms with Gasteiger partial charge in [0.2, 0.25) is 10.0 Å². The first-order chi connectivity index (χ1) is 8.89. The molecule has 0 heterocycles. The fourth-order valence-electron chi connectivity index (χ4n) is 1.80. The molecule has 0 saturated carbocycles. The lowest BCUT2D eigenvalue weighted by molar-refractivity contribution is 0.414. The smallest absolute Gasteiger partial charge is 0.211 e. The lowest BCUT2D eigenvalue weighted by atomic mass is 10.1. The number of ether oxygens (including phenoxy) is 1. The first kappa shape index (κ1) is 16.3. The number of hydrogen-bond donors (Lipinski definition) is 1. The minimum atomic E-state index is -3.15. The van der Waals surface area contributed by atoms with E-state index < -0.39 is 10.0 Å². The summed E-state index contributed by atoms with van der Waals surface area (Å²) in [6.45, 7) is 4.17. The molecular formula is C13H20ClNO3S. The van der Waals surface area contributed by atoms with Crippen LogP contribution in [-0.4, -0.2) is 27.8 Å². The predicted octanol–water partition coefficient (Wildman–Crippen LogP) is 2.53. The van der Waals surface area contributed by atoms with E-state index in [1.807, 2.05) is 26.0 Å². The highest BCUT2D eigenvalue weighted by Crippen LogP contribution is 2.27. The zero-order chi connectivity index (χ0) is 14.5. The summed E-state index contributed by atoms with van der Waals surface area (Å²) in [6.07, 6.45) is 1.22. The van der Waals surface area contributed by atoms with Crippen molar-refractivity contribution in [3.8, 4) is 5.75 Å². The third-order valence-corrected chi connectivity index (χ3v) is 4.68. The fraction of sp³-hybridized carbons (Fsp3) is 0.538. The molecule has 1 rings (SSSR count). The van der Waals surface area contributed by atoms with E-state index in [0.29, 0.717) is 30.2 Å². The van der Waals surface area contributed by atoms with Gasteiger partial charge in [-0.2, -0.15) is 0 Å². The van der Waals surface area contributed by atoms with Crippen LogP contribution in [0.15, 0.2) is 12.1 Å². The minimum Gasteiger partial charge on any atom is -0.495 e. The zero-order valence-electron chi connectivity index (χ0n) is 11.5. The molecule has 0 atom stereocenters. The molecule has 0 saturated heterocycles. The first-order valence-corrected chi connectivity index (χ1v) is 8.23. The molecule has 4 nitrogen and oxygen atoms in total. The molecular weight excluding hydrogens is 286 g/mol. The van der Waals surface area contributed by atoms with E-state index >= 15 is 0 Å². The summed E-state index contributed by atoms with van der Waals surface area (Å²) in [5, 5.41) is 0.541. The van der Waals surface area contributed by atoms with E-state index in [1.54, 1.807) is 7.11 Å². The van der Waals surface area contributed by atoms with Crippen LogP contribution in [0.25, 0.3) is 0 Å². The van der Waals surface area contributed by atoms with Crippen LogP contribution in [0.1, 0.15) is 24.5 Å². The predicted molar refractivity (Wildman–Crippen MR) is 78.5 cm³/mol. The average Bonchev–Trinajstić information content (AvgIpc) is 2.32. The fourth-order valence-corrected chi connectivity index (χ4v) is 3.16. The summed E-state index contributed by atoms with van der Waals surface area (Å²) in [4.78, 5) is 0. The number of methoxy groups -OCH3 is 1. The molecule has 1 N–H and O–H groups in total. The van der Waals surface area contributed by atoms with Crippen molar-refractivity contribution in [2.75, 3.05) is 19.4 Å². The Morgan fingerprint density at radius 1 is 1.37 bits per heavy atom. The molecule has 6 heteroatoms. The van der Waals surface area contributed by atoms with Gasteiger partial charge in [0.05, 0.1) is 17.9 Å². The monoisotopic (exact) mass is 305 g/mol. The van der Waals surface area contributed by atoms with Crippen LogP contribution in [0.4, 0.5) is 0 Å². The van der Waals surface area contributed by atoms with E-state index in [-0.39, 0.29) is 5.75 Å². The van der Waals surface area contributed by atoms with Crippen molar-refractivity contribution in [1.29, 1.82) is 0 Å².